The number of anilines is 1. The van der Waals surface area contributed by atoms with E-state index in [0.29, 0.717) is 30.6 Å². The third kappa shape index (κ3) is 3.19. The number of nitrogens with zero attached hydrogens (tertiary/aromatic N) is 2. The molecule has 20 heavy (non-hydrogen) atoms. The van der Waals surface area contributed by atoms with Gasteiger partial charge in [-0.1, -0.05) is 13.0 Å². The topological polar surface area (TPSA) is 75.8 Å². The number of aliphatic hydroxyl groups is 1. The minimum Gasteiger partial charge on any atom is -0.487 e. The van der Waals surface area contributed by atoms with Crippen molar-refractivity contribution >= 4 is 11.4 Å². The Kier molecular flexibility index (Phi) is 4.79. The minimum atomic E-state index is -0.396. The van der Waals surface area contributed by atoms with Gasteiger partial charge in [-0.3, -0.25) is 10.1 Å². The largest absolute Gasteiger partial charge is 0.487 e. The van der Waals surface area contributed by atoms with Gasteiger partial charge in [0, 0.05) is 12.6 Å². The van der Waals surface area contributed by atoms with E-state index in [-0.39, 0.29) is 12.3 Å². The standard InChI is InChI=1S/C14H20N2O4/c1-2-10-20-13-5-3-4-12(14(13)16(18)19)15(8-9-17)11-6-7-11/h3-5,11,17H,2,6-10H2,1H3. The summed E-state index contributed by atoms with van der Waals surface area (Å²) in [5, 5.41) is 20.6. The van der Waals surface area contributed by atoms with Gasteiger partial charge in [0.05, 0.1) is 18.1 Å². The second kappa shape index (κ2) is 6.56. The molecule has 1 fully saturated rings. The molecule has 1 aliphatic rings. The number of hydrogen-bond acceptors (Lipinski definition) is 5. The predicted octanol–water partition coefficient (Wildman–Crippen LogP) is 2.34. The van der Waals surface area contributed by atoms with Crippen molar-refractivity contribution in [2.45, 2.75) is 32.2 Å². The molecule has 0 aliphatic heterocycles. The number of nitro benzene ring substituents is 1. The third-order valence-corrected chi connectivity index (χ3v) is 3.26. The monoisotopic (exact) mass is 280 g/mol. The molecule has 1 N–H and O–H groups in total. The molecule has 0 atom stereocenters. The number of ether oxygens (including phenoxy) is 1. The lowest BCUT2D eigenvalue weighted by atomic mass is 10.2. The van der Waals surface area contributed by atoms with Crippen LogP contribution in [0.4, 0.5) is 11.4 Å². The second-order valence-electron chi connectivity index (χ2n) is 4.88. The van der Waals surface area contributed by atoms with Gasteiger partial charge in [-0.25, -0.2) is 0 Å². The van der Waals surface area contributed by atoms with Crippen LogP contribution in [0.2, 0.25) is 0 Å². The summed E-state index contributed by atoms with van der Waals surface area (Å²) in [5.74, 6) is 0.304. The van der Waals surface area contributed by atoms with Gasteiger partial charge >= 0.3 is 5.69 Å². The lowest BCUT2D eigenvalue weighted by molar-refractivity contribution is -0.385. The van der Waals surface area contributed by atoms with Crippen LogP contribution in [0, 0.1) is 10.1 Å². The summed E-state index contributed by atoms with van der Waals surface area (Å²) in [6.07, 6.45) is 2.82. The van der Waals surface area contributed by atoms with Gasteiger partial charge in [0.2, 0.25) is 0 Å². The van der Waals surface area contributed by atoms with E-state index in [0.717, 1.165) is 19.3 Å². The Hall–Kier alpha value is -1.82. The fourth-order valence-electron chi connectivity index (χ4n) is 2.25. The van der Waals surface area contributed by atoms with E-state index < -0.39 is 4.92 Å². The van der Waals surface area contributed by atoms with Crippen molar-refractivity contribution < 1.29 is 14.8 Å². The Morgan fingerprint density at radius 3 is 2.80 bits per heavy atom. The maximum Gasteiger partial charge on any atom is 0.333 e. The van der Waals surface area contributed by atoms with Crippen LogP contribution in [0.3, 0.4) is 0 Å². The van der Waals surface area contributed by atoms with Gasteiger partial charge in [-0.15, -0.1) is 0 Å². The van der Waals surface area contributed by atoms with Crippen molar-refractivity contribution in [2.75, 3.05) is 24.7 Å². The number of nitro groups is 1. The van der Waals surface area contributed by atoms with Crippen molar-refractivity contribution in [1.29, 1.82) is 0 Å². The van der Waals surface area contributed by atoms with Gasteiger partial charge in [0.15, 0.2) is 5.75 Å². The minimum absolute atomic E-state index is 0.00120. The highest BCUT2D eigenvalue weighted by Gasteiger charge is 2.34. The molecule has 0 bridgehead atoms. The number of para-hydroxylation sites is 1. The summed E-state index contributed by atoms with van der Waals surface area (Å²) >= 11 is 0. The van der Waals surface area contributed by atoms with Crippen LogP contribution in [0.1, 0.15) is 26.2 Å². The first-order valence-electron chi connectivity index (χ1n) is 6.96. The molecule has 0 amide bonds. The Labute approximate surface area is 118 Å². The Balaban J connectivity index is 2.37. The smallest absolute Gasteiger partial charge is 0.333 e. The molecular formula is C14H20N2O4. The van der Waals surface area contributed by atoms with Gasteiger partial charge in [0.1, 0.15) is 5.69 Å². The second-order valence-corrected chi connectivity index (χ2v) is 4.88. The molecule has 6 heteroatoms. The van der Waals surface area contributed by atoms with Gasteiger partial charge in [-0.2, -0.15) is 0 Å². The molecule has 0 saturated heterocycles. The average molecular weight is 280 g/mol. The first-order valence-corrected chi connectivity index (χ1v) is 6.96. The highest BCUT2D eigenvalue weighted by atomic mass is 16.6. The van der Waals surface area contributed by atoms with Crippen molar-refractivity contribution in [3.05, 3.63) is 28.3 Å². The Bertz CT molecular complexity index is 474. The molecule has 0 spiro atoms. The summed E-state index contributed by atoms with van der Waals surface area (Å²) in [6.45, 7) is 2.79. The van der Waals surface area contributed by atoms with Crippen LogP contribution in [0.15, 0.2) is 18.2 Å². The molecule has 1 aromatic carbocycles. The molecule has 0 aromatic heterocycles. The van der Waals surface area contributed by atoms with Crippen molar-refractivity contribution in [1.82, 2.24) is 0 Å². The highest BCUT2D eigenvalue weighted by molar-refractivity contribution is 5.70. The van der Waals surface area contributed by atoms with Crippen LogP contribution in [-0.4, -0.2) is 35.8 Å². The van der Waals surface area contributed by atoms with E-state index in [1.807, 2.05) is 11.8 Å². The first-order chi connectivity index (χ1) is 9.69. The van der Waals surface area contributed by atoms with E-state index >= 15 is 0 Å². The molecule has 1 saturated carbocycles. The van der Waals surface area contributed by atoms with E-state index in [4.69, 9.17) is 4.74 Å². The number of aliphatic hydroxyl groups excluding tert-OH is 1. The summed E-state index contributed by atoms with van der Waals surface area (Å²) in [6, 6.07) is 5.41. The zero-order valence-corrected chi connectivity index (χ0v) is 11.6. The van der Waals surface area contributed by atoms with Gasteiger partial charge in [-0.05, 0) is 31.4 Å². The zero-order valence-electron chi connectivity index (χ0n) is 11.6. The molecule has 2 rings (SSSR count). The Morgan fingerprint density at radius 1 is 1.50 bits per heavy atom. The summed E-state index contributed by atoms with van der Waals surface area (Å²) in [7, 11) is 0. The van der Waals surface area contributed by atoms with Crippen molar-refractivity contribution in [3.8, 4) is 5.75 Å². The van der Waals surface area contributed by atoms with Crippen LogP contribution in [0.25, 0.3) is 0 Å². The van der Waals surface area contributed by atoms with Gasteiger partial charge in [0.25, 0.3) is 0 Å². The maximum atomic E-state index is 11.4. The van der Waals surface area contributed by atoms with E-state index in [9.17, 15) is 15.2 Å². The fraction of sp³-hybridized carbons (Fsp3) is 0.571. The van der Waals surface area contributed by atoms with E-state index in [1.165, 1.54) is 0 Å². The Morgan fingerprint density at radius 2 is 2.25 bits per heavy atom. The average Bonchev–Trinajstić information content (AvgIpc) is 3.26. The summed E-state index contributed by atoms with van der Waals surface area (Å²) < 4.78 is 5.49. The quantitative estimate of drug-likeness (QED) is 0.584. The SMILES string of the molecule is CCCOc1cccc(N(CCO)C2CC2)c1[N+](=O)[O-]. The molecule has 6 nitrogen and oxygen atoms in total. The third-order valence-electron chi connectivity index (χ3n) is 3.26. The lowest BCUT2D eigenvalue weighted by Gasteiger charge is -2.24. The summed E-state index contributed by atoms with van der Waals surface area (Å²) in [4.78, 5) is 12.9. The van der Waals surface area contributed by atoms with E-state index in [2.05, 4.69) is 0 Å². The number of benzene rings is 1. The molecular weight excluding hydrogens is 260 g/mol. The molecule has 0 radical (unpaired) electrons. The van der Waals surface area contributed by atoms with Gasteiger partial charge < -0.3 is 14.7 Å². The van der Waals surface area contributed by atoms with Crippen LogP contribution >= 0.6 is 0 Å². The first kappa shape index (κ1) is 14.6. The summed E-state index contributed by atoms with van der Waals surface area (Å²) in [5.41, 5.74) is 0.543. The van der Waals surface area contributed by atoms with Crippen molar-refractivity contribution in [2.24, 2.45) is 0 Å². The van der Waals surface area contributed by atoms with Crippen LogP contribution in [-0.2, 0) is 0 Å². The fourth-order valence-corrected chi connectivity index (χ4v) is 2.25. The molecule has 1 aromatic rings. The highest BCUT2D eigenvalue weighted by Crippen LogP contribution is 2.41. The lowest BCUT2D eigenvalue weighted by Crippen LogP contribution is -2.29. The molecule has 110 valence electrons. The normalized spacial score (nSPS) is 14.1. The molecule has 1 aliphatic carbocycles. The van der Waals surface area contributed by atoms with E-state index in [1.54, 1.807) is 18.2 Å². The zero-order chi connectivity index (χ0) is 14.5. The van der Waals surface area contributed by atoms with Crippen LogP contribution < -0.4 is 9.64 Å². The molecule has 0 heterocycles. The number of rotatable bonds is 8. The predicted molar refractivity (Wildman–Crippen MR) is 76.3 cm³/mol. The van der Waals surface area contributed by atoms with Crippen LogP contribution in [0.5, 0.6) is 5.75 Å². The maximum absolute atomic E-state index is 11.4. The number of hydrogen-bond donors (Lipinski definition) is 1. The van der Waals surface area contributed by atoms with Crippen molar-refractivity contribution in [3.63, 3.8) is 0 Å². The molecule has 0 unspecified atom stereocenters.